The van der Waals surface area contributed by atoms with E-state index in [1.54, 1.807) is 7.11 Å². The molecule has 1 atom stereocenters. The molecule has 1 amide bonds. The lowest BCUT2D eigenvalue weighted by atomic mass is 10.3. The van der Waals surface area contributed by atoms with Gasteiger partial charge in [-0.05, 0) is 6.92 Å². The minimum atomic E-state index is -0.151. The summed E-state index contributed by atoms with van der Waals surface area (Å²) in [5, 5.41) is 9.16. The lowest BCUT2D eigenvalue weighted by Crippen LogP contribution is -2.28. The number of rotatable bonds is 5. The molecule has 0 aliphatic rings. The molecule has 1 rings (SSSR count). The van der Waals surface area contributed by atoms with Crippen LogP contribution < -0.4 is 5.32 Å². The molecule has 0 bridgehead atoms. The minimum absolute atomic E-state index is 0.0595. The van der Waals surface area contributed by atoms with Gasteiger partial charge < -0.3 is 10.1 Å². The predicted octanol–water partition coefficient (Wildman–Crippen LogP) is 0.0184. The van der Waals surface area contributed by atoms with Crippen molar-refractivity contribution in [3.63, 3.8) is 0 Å². The van der Waals surface area contributed by atoms with Crippen LogP contribution in [-0.4, -0.2) is 34.8 Å². The van der Waals surface area contributed by atoms with Gasteiger partial charge in [0.05, 0.1) is 12.6 Å². The number of methoxy groups -OCH3 is 1. The Morgan fingerprint density at radius 3 is 3.14 bits per heavy atom. The van der Waals surface area contributed by atoms with Crippen LogP contribution in [0, 0.1) is 0 Å². The zero-order valence-electron chi connectivity index (χ0n) is 8.28. The Morgan fingerprint density at radius 1 is 1.79 bits per heavy atom. The maximum Gasteiger partial charge on any atom is 0.222 e. The van der Waals surface area contributed by atoms with Gasteiger partial charge in [0, 0.05) is 13.5 Å². The molecule has 14 heavy (non-hydrogen) atoms. The lowest BCUT2D eigenvalue weighted by Gasteiger charge is -2.10. The number of ether oxygens (including phenoxy) is 1. The van der Waals surface area contributed by atoms with Crippen molar-refractivity contribution in [2.75, 3.05) is 13.7 Å². The summed E-state index contributed by atoms with van der Waals surface area (Å²) in [6, 6.07) is -0.151. The second-order valence-electron chi connectivity index (χ2n) is 2.90. The third-order valence-electron chi connectivity index (χ3n) is 1.75. The van der Waals surface area contributed by atoms with Crippen LogP contribution in [0.1, 0.15) is 25.2 Å². The first-order valence-electron chi connectivity index (χ1n) is 4.37. The van der Waals surface area contributed by atoms with Crippen molar-refractivity contribution in [1.82, 2.24) is 20.5 Å². The number of aromatic nitrogens is 3. The molecule has 0 aliphatic heterocycles. The second kappa shape index (κ2) is 5.33. The van der Waals surface area contributed by atoms with Crippen LogP contribution >= 0.6 is 0 Å². The van der Waals surface area contributed by atoms with Gasteiger partial charge in [-0.2, -0.15) is 5.10 Å². The molecular weight excluding hydrogens is 184 g/mol. The van der Waals surface area contributed by atoms with E-state index in [0.717, 1.165) is 0 Å². The van der Waals surface area contributed by atoms with E-state index < -0.39 is 0 Å². The molecule has 0 saturated heterocycles. The maximum absolute atomic E-state index is 11.3. The number of carbonyl (C=O) groups is 1. The van der Waals surface area contributed by atoms with Crippen molar-refractivity contribution in [3.8, 4) is 0 Å². The Labute approximate surface area is 82.1 Å². The van der Waals surface area contributed by atoms with E-state index in [1.807, 2.05) is 6.92 Å². The number of nitrogens with zero attached hydrogens (tertiary/aromatic N) is 2. The van der Waals surface area contributed by atoms with Crippen LogP contribution in [0.4, 0.5) is 0 Å². The molecule has 1 aromatic rings. The monoisotopic (exact) mass is 198 g/mol. The third kappa shape index (κ3) is 3.14. The van der Waals surface area contributed by atoms with Crippen LogP contribution in [0.15, 0.2) is 6.33 Å². The standard InChI is InChI=1S/C8H14N4O2/c1-6(8-9-5-10-12-8)11-7(13)3-4-14-2/h5-6H,3-4H2,1-2H3,(H,11,13)(H,9,10,12). The van der Waals surface area contributed by atoms with Crippen LogP contribution in [0.5, 0.6) is 0 Å². The van der Waals surface area contributed by atoms with Gasteiger partial charge >= 0.3 is 0 Å². The van der Waals surface area contributed by atoms with Gasteiger partial charge in [0.15, 0.2) is 0 Å². The molecule has 0 saturated carbocycles. The van der Waals surface area contributed by atoms with E-state index in [0.29, 0.717) is 18.9 Å². The molecule has 0 fully saturated rings. The van der Waals surface area contributed by atoms with Gasteiger partial charge in [-0.25, -0.2) is 4.98 Å². The van der Waals surface area contributed by atoms with E-state index in [-0.39, 0.29) is 11.9 Å². The maximum atomic E-state index is 11.3. The van der Waals surface area contributed by atoms with Crippen molar-refractivity contribution in [2.24, 2.45) is 0 Å². The fraction of sp³-hybridized carbons (Fsp3) is 0.625. The van der Waals surface area contributed by atoms with Gasteiger partial charge in [0.25, 0.3) is 0 Å². The van der Waals surface area contributed by atoms with E-state index in [1.165, 1.54) is 6.33 Å². The van der Waals surface area contributed by atoms with Crippen molar-refractivity contribution in [1.29, 1.82) is 0 Å². The third-order valence-corrected chi connectivity index (χ3v) is 1.75. The number of amides is 1. The van der Waals surface area contributed by atoms with Crippen molar-refractivity contribution in [3.05, 3.63) is 12.2 Å². The Morgan fingerprint density at radius 2 is 2.57 bits per heavy atom. The molecule has 1 aromatic heterocycles. The molecule has 78 valence electrons. The molecule has 0 radical (unpaired) electrons. The molecule has 0 spiro atoms. The van der Waals surface area contributed by atoms with Crippen LogP contribution in [0.3, 0.4) is 0 Å². The van der Waals surface area contributed by atoms with E-state index in [4.69, 9.17) is 4.74 Å². The van der Waals surface area contributed by atoms with E-state index in [2.05, 4.69) is 20.5 Å². The first-order valence-corrected chi connectivity index (χ1v) is 4.37. The van der Waals surface area contributed by atoms with Crippen molar-refractivity contribution < 1.29 is 9.53 Å². The molecule has 1 unspecified atom stereocenters. The first-order chi connectivity index (χ1) is 6.74. The van der Waals surface area contributed by atoms with Crippen LogP contribution in [0.2, 0.25) is 0 Å². The second-order valence-corrected chi connectivity index (χ2v) is 2.90. The largest absolute Gasteiger partial charge is 0.384 e. The summed E-state index contributed by atoms with van der Waals surface area (Å²) >= 11 is 0. The summed E-state index contributed by atoms with van der Waals surface area (Å²) in [4.78, 5) is 15.2. The molecule has 1 heterocycles. The summed E-state index contributed by atoms with van der Waals surface area (Å²) in [6.07, 6.45) is 1.77. The fourth-order valence-corrected chi connectivity index (χ4v) is 1.00. The lowest BCUT2D eigenvalue weighted by molar-refractivity contribution is -0.122. The van der Waals surface area contributed by atoms with Gasteiger partial charge in [-0.15, -0.1) is 0 Å². The zero-order valence-corrected chi connectivity index (χ0v) is 8.28. The summed E-state index contributed by atoms with van der Waals surface area (Å²) in [5.74, 6) is 0.589. The van der Waals surface area contributed by atoms with Crippen LogP contribution in [0.25, 0.3) is 0 Å². The molecular formula is C8H14N4O2. The van der Waals surface area contributed by atoms with Crippen LogP contribution in [-0.2, 0) is 9.53 Å². The Kier molecular flexibility index (Phi) is 4.06. The number of carbonyl (C=O) groups excluding carboxylic acids is 1. The average Bonchev–Trinajstić information content (AvgIpc) is 2.67. The van der Waals surface area contributed by atoms with E-state index in [9.17, 15) is 4.79 Å². The Balaban J connectivity index is 2.33. The van der Waals surface area contributed by atoms with E-state index >= 15 is 0 Å². The molecule has 2 N–H and O–H groups in total. The fourth-order valence-electron chi connectivity index (χ4n) is 1.00. The first kappa shape index (κ1) is 10.6. The smallest absolute Gasteiger partial charge is 0.222 e. The normalized spacial score (nSPS) is 12.4. The summed E-state index contributed by atoms with van der Waals surface area (Å²) in [5.41, 5.74) is 0. The summed E-state index contributed by atoms with van der Waals surface area (Å²) in [7, 11) is 1.56. The topological polar surface area (TPSA) is 79.9 Å². The highest BCUT2D eigenvalue weighted by molar-refractivity contribution is 5.76. The minimum Gasteiger partial charge on any atom is -0.384 e. The van der Waals surface area contributed by atoms with Crippen molar-refractivity contribution >= 4 is 5.91 Å². The van der Waals surface area contributed by atoms with Gasteiger partial charge in [-0.3, -0.25) is 9.89 Å². The average molecular weight is 198 g/mol. The van der Waals surface area contributed by atoms with Gasteiger partial charge in [0.1, 0.15) is 12.2 Å². The summed E-state index contributed by atoms with van der Waals surface area (Å²) < 4.78 is 4.79. The summed E-state index contributed by atoms with van der Waals surface area (Å²) in [6.45, 7) is 2.26. The highest BCUT2D eigenvalue weighted by Gasteiger charge is 2.10. The SMILES string of the molecule is COCCC(=O)NC(C)c1ncn[nH]1. The van der Waals surface area contributed by atoms with Crippen molar-refractivity contribution in [2.45, 2.75) is 19.4 Å². The number of hydrogen-bond donors (Lipinski definition) is 2. The Hall–Kier alpha value is -1.43. The number of hydrogen-bond acceptors (Lipinski definition) is 4. The Bertz CT molecular complexity index is 273. The molecule has 0 aliphatic carbocycles. The number of aromatic amines is 1. The zero-order chi connectivity index (χ0) is 10.4. The molecule has 0 aromatic carbocycles. The molecule has 6 heteroatoms. The highest BCUT2D eigenvalue weighted by Crippen LogP contribution is 2.03. The predicted molar refractivity (Wildman–Crippen MR) is 49.4 cm³/mol. The number of nitrogens with one attached hydrogen (secondary N) is 2. The number of H-pyrrole nitrogens is 1. The molecule has 6 nitrogen and oxygen atoms in total. The van der Waals surface area contributed by atoms with Gasteiger partial charge in [-0.1, -0.05) is 0 Å². The quantitative estimate of drug-likeness (QED) is 0.699. The van der Waals surface area contributed by atoms with Gasteiger partial charge in [0.2, 0.25) is 5.91 Å². The highest BCUT2D eigenvalue weighted by atomic mass is 16.5.